The number of carbonyl (C=O) groups excluding carboxylic acids is 1. The minimum atomic E-state index is -0.717. The van der Waals surface area contributed by atoms with Crippen molar-refractivity contribution in [2.45, 2.75) is 6.92 Å². The molecule has 1 N–H and O–H groups in total. The van der Waals surface area contributed by atoms with Gasteiger partial charge in [-0.2, -0.15) is 0 Å². The summed E-state index contributed by atoms with van der Waals surface area (Å²) in [5, 5.41) is 3.62. The van der Waals surface area contributed by atoms with Gasteiger partial charge in [-0.3, -0.25) is 4.79 Å². The molecule has 1 heterocycles. The standard InChI is InChI=1S/C17H12ClNO3/c1-10-4-2-6-12(8-10)19-16(20)13-9-11-5-3-7-14(18)15(11)22-17(13)21/h2-9H,1H3,(H,19,20). The third kappa shape index (κ3) is 2.73. The zero-order valence-corrected chi connectivity index (χ0v) is 12.5. The van der Waals surface area contributed by atoms with Gasteiger partial charge in [-0.1, -0.05) is 35.9 Å². The van der Waals surface area contributed by atoms with Crippen LogP contribution in [0.4, 0.5) is 5.69 Å². The number of anilines is 1. The summed E-state index contributed by atoms with van der Waals surface area (Å²) in [6, 6.07) is 13.9. The first-order valence-electron chi connectivity index (χ1n) is 6.65. The smallest absolute Gasteiger partial charge is 0.349 e. The molecule has 3 aromatic rings. The lowest BCUT2D eigenvalue weighted by Gasteiger charge is -2.06. The Kier molecular flexibility index (Phi) is 3.69. The zero-order chi connectivity index (χ0) is 15.7. The lowest BCUT2D eigenvalue weighted by atomic mass is 10.1. The number of hydrogen-bond donors (Lipinski definition) is 1. The van der Waals surface area contributed by atoms with Crippen LogP contribution >= 0.6 is 11.6 Å². The number of hydrogen-bond acceptors (Lipinski definition) is 3. The third-order valence-electron chi connectivity index (χ3n) is 3.23. The highest BCUT2D eigenvalue weighted by Gasteiger charge is 2.15. The van der Waals surface area contributed by atoms with Crippen LogP contribution in [0.5, 0.6) is 0 Å². The molecule has 4 nitrogen and oxygen atoms in total. The van der Waals surface area contributed by atoms with Gasteiger partial charge in [0.25, 0.3) is 5.91 Å². The molecular weight excluding hydrogens is 302 g/mol. The van der Waals surface area contributed by atoms with E-state index < -0.39 is 11.5 Å². The van der Waals surface area contributed by atoms with Crippen LogP contribution in [0.1, 0.15) is 15.9 Å². The molecule has 0 saturated heterocycles. The topological polar surface area (TPSA) is 59.3 Å². The van der Waals surface area contributed by atoms with Gasteiger partial charge in [0.05, 0.1) is 5.02 Å². The summed E-state index contributed by atoms with van der Waals surface area (Å²) >= 11 is 5.97. The van der Waals surface area contributed by atoms with E-state index in [0.717, 1.165) is 5.56 Å². The molecule has 0 radical (unpaired) electrons. The predicted molar refractivity (Wildman–Crippen MR) is 86.6 cm³/mol. The van der Waals surface area contributed by atoms with E-state index in [2.05, 4.69) is 5.32 Å². The predicted octanol–water partition coefficient (Wildman–Crippen LogP) is 4.01. The van der Waals surface area contributed by atoms with Gasteiger partial charge in [0.2, 0.25) is 0 Å². The Balaban J connectivity index is 2.01. The first-order valence-corrected chi connectivity index (χ1v) is 7.03. The number of halogens is 1. The number of rotatable bonds is 2. The van der Waals surface area contributed by atoms with E-state index >= 15 is 0 Å². The zero-order valence-electron chi connectivity index (χ0n) is 11.7. The first-order chi connectivity index (χ1) is 10.5. The average molecular weight is 314 g/mol. The second kappa shape index (κ2) is 5.66. The van der Waals surface area contributed by atoms with E-state index in [1.807, 2.05) is 25.1 Å². The van der Waals surface area contributed by atoms with Crippen LogP contribution in [0, 0.1) is 6.92 Å². The van der Waals surface area contributed by atoms with Crippen molar-refractivity contribution in [3.05, 3.63) is 75.1 Å². The summed E-state index contributed by atoms with van der Waals surface area (Å²) in [4.78, 5) is 24.3. The van der Waals surface area contributed by atoms with Crippen molar-refractivity contribution in [3.8, 4) is 0 Å². The number of benzene rings is 2. The van der Waals surface area contributed by atoms with Gasteiger partial charge in [-0.05, 0) is 36.8 Å². The van der Waals surface area contributed by atoms with Crippen molar-refractivity contribution in [1.82, 2.24) is 0 Å². The molecule has 22 heavy (non-hydrogen) atoms. The van der Waals surface area contributed by atoms with Gasteiger partial charge in [0, 0.05) is 11.1 Å². The van der Waals surface area contributed by atoms with Crippen molar-refractivity contribution in [3.63, 3.8) is 0 Å². The highest BCUT2D eigenvalue weighted by molar-refractivity contribution is 6.34. The fourth-order valence-corrected chi connectivity index (χ4v) is 2.41. The van der Waals surface area contributed by atoms with Gasteiger partial charge >= 0.3 is 5.63 Å². The van der Waals surface area contributed by atoms with Crippen molar-refractivity contribution in [2.24, 2.45) is 0 Å². The molecular formula is C17H12ClNO3. The van der Waals surface area contributed by atoms with E-state index in [9.17, 15) is 9.59 Å². The lowest BCUT2D eigenvalue weighted by molar-refractivity contribution is 0.102. The first kappa shape index (κ1) is 14.4. The molecule has 0 unspecified atom stereocenters. The van der Waals surface area contributed by atoms with Gasteiger partial charge in [0.1, 0.15) is 5.56 Å². The maximum absolute atomic E-state index is 12.3. The van der Waals surface area contributed by atoms with Crippen molar-refractivity contribution in [2.75, 3.05) is 5.32 Å². The van der Waals surface area contributed by atoms with Crippen LogP contribution in [0.15, 0.2) is 57.7 Å². The Bertz CT molecular complexity index is 931. The molecule has 0 fully saturated rings. The largest absolute Gasteiger partial charge is 0.421 e. The second-order valence-electron chi connectivity index (χ2n) is 4.93. The molecule has 0 atom stereocenters. The van der Waals surface area contributed by atoms with Crippen LogP contribution in [0.25, 0.3) is 11.0 Å². The van der Waals surface area contributed by atoms with Crippen molar-refractivity contribution < 1.29 is 9.21 Å². The van der Waals surface area contributed by atoms with E-state index in [0.29, 0.717) is 16.1 Å². The van der Waals surface area contributed by atoms with Gasteiger partial charge in [0.15, 0.2) is 5.58 Å². The minimum absolute atomic E-state index is 0.0590. The number of nitrogens with one attached hydrogen (secondary N) is 1. The Morgan fingerprint density at radius 3 is 2.68 bits per heavy atom. The van der Waals surface area contributed by atoms with Gasteiger partial charge < -0.3 is 9.73 Å². The number of aryl methyl sites for hydroxylation is 1. The number of para-hydroxylation sites is 1. The van der Waals surface area contributed by atoms with Crippen LogP contribution in [-0.2, 0) is 0 Å². The molecule has 1 amide bonds. The molecule has 5 heteroatoms. The van der Waals surface area contributed by atoms with E-state index in [1.165, 1.54) is 6.07 Å². The fourth-order valence-electron chi connectivity index (χ4n) is 2.19. The summed E-state index contributed by atoms with van der Waals surface area (Å²) in [7, 11) is 0. The van der Waals surface area contributed by atoms with E-state index in [-0.39, 0.29) is 11.1 Å². The molecule has 0 saturated carbocycles. The molecule has 3 rings (SSSR count). The quantitative estimate of drug-likeness (QED) is 0.727. The molecule has 110 valence electrons. The van der Waals surface area contributed by atoms with Crippen molar-refractivity contribution in [1.29, 1.82) is 0 Å². The summed E-state index contributed by atoms with van der Waals surface area (Å²) < 4.78 is 5.16. The molecule has 0 spiro atoms. The number of carbonyl (C=O) groups is 1. The molecule has 2 aromatic carbocycles. The summed E-state index contributed by atoms with van der Waals surface area (Å²) in [6.07, 6.45) is 0. The summed E-state index contributed by atoms with van der Waals surface area (Å²) in [5.74, 6) is -0.513. The maximum Gasteiger partial charge on any atom is 0.349 e. The number of fused-ring (bicyclic) bond motifs is 1. The Hall–Kier alpha value is -2.59. The summed E-state index contributed by atoms with van der Waals surface area (Å²) in [5.41, 5.74) is 1.13. The third-order valence-corrected chi connectivity index (χ3v) is 3.53. The van der Waals surface area contributed by atoms with Crippen LogP contribution < -0.4 is 10.9 Å². The molecule has 0 aliphatic rings. The highest BCUT2D eigenvalue weighted by atomic mass is 35.5. The van der Waals surface area contributed by atoms with Gasteiger partial charge in [-0.15, -0.1) is 0 Å². The van der Waals surface area contributed by atoms with Gasteiger partial charge in [-0.25, -0.2) is 4.79 Å². The lowest BCUT2D eigenvalue weighted by Crippen LogP contribution is -2.20. The minimum Gasteiger partial charge on any atom is -0.421 e. The number of amides is 1. The van der Waals surface area contributed by atoms with Crippen LogP contribution in [0.3, 0.4) is 0 Å². The Labute approximate surface area is 131 Å². The Morgan fingerprint density at radius 2 is 1.91 bits per heavy atom. The fraction of sp³-hybridized carbons (Fsp3) is 0.0588. The SMILES string of the molecule is Cc1cccc(NC(=O)c2cc3cccc(Cl)c3oc2=O)c1. The maximum atomic E-state index is 12.3. The summed E-state index contributed by atoms with van der Waals surface area (Å²) in [6.45, 7) is 1.92. The molecule has 0 bridgehead atoms. The molecule has 1 aromatic heterocycles. The average Bonchev–Trinajstić information content (AvgIpc) is 2.47. The van der Waals surface area contributed by atoms with Crippen LogP contribution in [0.2, 0.25) is 5.02 Å². The van der Waals surface area contributed by atoms with Crippen LogP contribution in [-0.4, -0.2) is 5.91 Å². The van der Waals surface area contributed by atoms with E-state index in [4.69, 9.17) is 16.0 Å². The van der Waals surface area contributed by atoms with Crippen molar-refractivity contribution >= 4 is 34.2 Å². The highest BCUT2D eigenvalue weighted by Crippen LogP contribution is 2.22. The molecule has 0 aliphatic carbocycles. The second-order valence-corrected chi connectivity index (χ2v) is 5.34. The van der Waals surface area contributed by atoms with E-state index in [1.54, 1.807) is 24.3 Å². The molecule has 0 aliphatic heterocycles. The normalized spacial score (nSPS) is 10.6. The Morgan fingerprint density at radius 1 is 1.14 bits per heavy atom. The monoisotopic (exact) mass is 313 g/mol.